The Bertz CT molecular complexity index is 1200. The minimum atomic E-state index is 1.18. The molecule has 130 valence electrons. The van der Waals surface area contributed by atoms with Crippen LogP contribution >= 0.6 is 0 Å². The standard InChI is InChI=1S/C25H21N2/c1-26-19(16-15-18-9-3-7-13-23(18)26)17-25-22-12-5-4-10-20(22)21-11-6-8-14-24(21)27(25)2/h3-17H,1-2H3/q+1. The minimum Gasteiger partial charge on any atom is -0.343 e. The largest absolute Gasteiger partial charge is 0.343 e. The lowest BCUT2D eigenvalue weighted by atomic mass is 9.91. The SMILES string of the molecule is CN1/C(=C\c2ccc3ccccc3[n+]2C)c2ccccc2-c2ccccc21. The molecule has 0 saturated carbocycles. The van der Waals surface area contributed by atoms with E-state index in [-0.39, 0.29) is 0 Å². The first-order valence-corrected chi connectivity index (χ1v) is 9.26. The van der Waals surface area contributed by atoms with E-state index in [1.54, 1.807) is 0 Å². The molecule has 0 unspecified atom stereocenters. The number of aromatic nitrogens is 1. The highest BCUT2D eigenvalue weighted by Gasteiger charge is 2.24. The van der Waals surface area contributed by atoms with E-state index >= 15 is 0 Å². The molecule has 0 bridgehead atoms. The smallest absolute Gasteiger partial charge is 0.212 e. The molecule has 0 aliphatic carbocycles. The van der Waals surface area contributed by atoms with Crippen molar-refractivity contribution in [1.82, 2.24) is 0 Å². The van der Waals surface area contributed by atoms with Gasteiger partial charge in [-0.1, -0.05) is 54.6 Å². The van der Waals surface area contributed by atoms with Crippen molar-refractivity contribution in [2.75, 3.05) is 11.9 Å². The summed E-state index contributed by atoms with van der Waals surface area (Å²) in [6.45, 7) is 0. The average Bonchev–Trinajstić information content (AvgIpc) is 2.73. The molecule has 2 heterocycles. The molecule has 3 aromatic carbocycles. The van der Waals surface area contributed by atoms with Crippen LogP contribution in [0.3, 0.4) is 0 Å². The molecule has 0 spiro atoms. The number of aryl methyl sites for hydroxylation is 1. The third-order valence-corrected chi connectivity index (χ3v) is 5.52. The fourth-order valence-electron chi connectivity index (χ4n) is 4.07. The van der Waals surface area contributed by atoms with Crippen molar-refractivity contribution >= 4 is 28.4 Å². The van der Waals surface area contributed by atoms with Gasteiger partial charge in [0, 0.05) is 47.5 Å². The molecule has 2 heteroatoms. The number of hydrogen-bond donors (Lipinski definition) is 0. The number of benzene rings is 3. The minimum absolute atomic E-state index is 1.18. The molecule has 2 nitrogen and oxygen atoms in total. The first kappa shape index (κ1) is 15.8. The van der Waals surface area contributed by atoms with Crippen molar-refractivity contribution in [2.24, 2.45) is 7.05 Å². The lowest BCUT2D eigenvalue weighted by Crippen LogP contribution is -2.33. The Morgan fingerprint density at radius 3 is 2.22 bits per heavy atom. The molecular formula is C25H21N2+. The Balaban J connectivity index is 1.75. The van der Waals surface area contributed by atoms with Crippen molar-refractivity contribution < 1.29 is 4.57 Å². The maximum atomic E-state index is 2.30. The van der Waals surface area contributed by atoms with Crippen molar-refractivity contribution in [3.05, 3.63) is 96.2 Å². The first-order chi connectivity index (χ1) is 13.2. The van der Waals surface area contributed by atoms with Crippen LogP contribution in [0.15, 0.2) is 84.9 Å². The summed E-state index contributed by atoms with van der Waals surface area (Å²) in [5, 5.41) is 1.25. The zero-order valence-corrected chi connectivity index (χ0v) is 15.6. The molecular weight excluding hydrogens is 328 g/mol. The molecule has 1 aromatic heterocycles. The zero-order chi connectivity index (χ0) is 18.4. The lowest BCUT2D eigenvalue weighted by molar-refractivity contribution is -0.646. The lowest BCUT2D eigenvalue weighted by Gasteiger charge is -2.32. The molecule has 1 aliphatic heterocycles. The number of nitrogens with zero attached hydrogens (tertiary/aromatic N) is 2. The van der Waals surface area contributed by atoms with Gasteiger partial charge < -0.3 is 4.90 Å². The third-order valence-electron chi connectivity index (χ3n) is 5.52. The van der Waals surface area contributed by atoms with Crippen LogP contribution in [0.1, 0.15) is 11.3 Å². The van der Waals surface area contributed by atoms with Crippen LogP contribution in [0.25, 0.3) is 33.8 Å². The van der Waals surface area contributed by atoms with E-state index < -0.39 is 0 Å². The van der Waals surface area contributed by atoms with Gasteiger partial charge in [-0.3, -0.25) is 0 Å². The Kier molecular flexibility index (Phi) is 3.58. The molecule has 0 N–H and O–H groups in total. The summed E-state index contributed by atoms with van der Waals surface area (Å²) >= 11 is 0. The molecule has 0 saturated heterocycles. The second-order valence-electron chi connectivity index (χ2n) is 7.03. The summed E-state index contributed by atoms with van der Waals surface area (Å²) < 4.78 is 2.26. The quantitative estimate of drug-likeness (QED) is 0.424. The summed E-state index contributed by atoms with van der Waals surface area (Å²) in [7, 11) is 4.29. The topological polar surface area (TPSA) is 7.12 Å². The van der Waals surface area contributed by atoms with E-state index in [0.717, 1.165) is 0 Å². The summed E-state index contributed by atoms with van der Waals surface area (Å²) in [6.07, 6.45) is 2.29. The van der Waals surface area contributed by atoms with Crippen LogP contribution in [-0.2, 0) is 7.05 Å². The molecule has 27 heavy (non-hydrogen) atoms. The van der Waals surface area contributed by atoms with Crippen molar-refractivity contribution in [3.63, 3.8) is 0 Å². The van der Waals surface area contributed by atoms with Gasteiger partial charge in [-0.05, 0) is 23.8 Å². The van der Waals surface area contributed by atoms with Gasteiger partial charge >= 0.3 is 0 Å². The normalized spacial score (nSPS) is 14.3. The second kappa shape index (κ2) is 6.10. The Morgan fingerprint density at radius 1 is 0.704 bits per heavy atom. The van der Waals surface area contributed by atoms with Crippen molar-refractivity contribution in [2.45, 2.75) is 0 Å². The van der Waals surface area contributed by atoms with E-state index in [9.17, 15) is 0 Å². The average molecular weight is 349 g/mol. The van der Waals surface area contributed by atoms with E-state index in [1.165, 1.54) is 44.7 Å². The van der Waals surface area contributed by atoms with Gasteiger partial charge in [-0.15, -0.1) is 0 Å². The monoisotopic (exact) mass is 349 g/mol. The number of fused-ring (bicyclic) bond motifs is 4. The van der Waals surface area contributed by atoms with Gasteiger partial charge in [0.05, 0.1) is 5.70 Å². The van der Waals surface area contributed by atoms with Crippen LogP contribution in [0.2, 0.25) is 0 Å². The van der Waals surface area contributed by atoms with Gasteiger partial charge in [0.25, 0.3) is 0 Å². The van der Waals surface area contributed by atoms with Gasteiger partial charge in [0.1, 0.15) is 7.05 Å². The van der Waals surface area contributed by atoms with E-state index in [1.807, 2.05) is 0 Å². The maximum Gasteiger partial charge on any atom is 0.212 e. The van der Waals surface area contributed by atoms with E-state index in [0.29, 0.717) is 0 Å². The van der Waals surface area contributed by atoms with Crippen LogP contribution in [0.5, 0.6) is 0 Å². The Labute approximate surface area is 159 Å². The number of anilines is 1. The summed E-state index contributed by atoms with van der Waals surface area (Å²) in [5.74, 6) is 0. The molecule has 0 amide bonds. The first-order valence-electron chi connectivity index (χ1n) is 9.26. The van der Waals surface area contributed by atoms with Crippen LogP contribution in [-0.4, -0.2) is 7.05 Å². The number of pyridine rings is 1. The fraction of sp³-hybridized carbons (Fsp3) is 0.0800. The summed E-state index contributed by atoms with van der Waals surface area (Å²) in [4.78, 5) is 2.30. The molecule has 5 rings (SSSR count). The Morgan fingerprint density at radius 2 is 1.37 bits per heavy atom. The number of para-hydroxylation sites is 2. The van der Waals surface area contributed by atoms with Crippen molar-refractivity contribution in [3.8, 4) is 11.1 Å². The van der Waals surface area contributed by atoms with Crippen LogP contribution < -0.4 is 9.47 Å². The van der Waals surface area contributed by atoms with Crippen LogP contribution in [0, 0.1) is 0 Å². The summed E-state index contributed by atoms with van der Waals surface area (Å²) in [5.41, 5.74) is 8.73. The predicted octanol–water partition coefficient (Wildman–Crippen LogP) is 5.28. The third kappa shape index (κ3) is 2.45. The molecule has 0 fully saturated rings. The van der Waals surface area contributed by atoms with Gasteiger partial charge in [0.15, 0.2) is 0 Å². The van der Waals surface area contributed by atoms with Gasteiger partial charge in [-0.2, -0.15) is 4.57 Å². The van der Waals surface area contributed by atoms with Crippen molar-refractivity contribution in [1.29, 1.82) is 0 Å². The van der Waals surface area contributed by atoms with Gasteiger partial charge in [0.2, 0.25) is 11.2 Å². The predicted molar refractivity (Wildman–Crippen MR) is 113 cm³/mol. The fourth-order valence-corrected chi connectivity index (χ4v) is 4.07. The highest BCUT2D eigenvalue weighted by molar-refractivity contribution is 6.02. The molecule has 4 aromatic rings. The zero-order valence-electron chi connectivity index (χ0n) is 15.6. The number of rotatable bonds is 1. The van der Waals surface area contributed by atoms with Crippen LogP contribution in [0.4, 0.5) is 5.69 Å². The van der Waals surface area contributed by atoms with Gasteiger partial charge in [-0.25, -0.2) is 0 Å². The molecule has 0 atom stereocenters. The highest BCUT2D eigenvalue weighted by atomic mass is 15.1. The molecule has 1 aliphatic rings. The Hall–Kier alpha value is -3.39. The summed E-state index contributed by atoms with van der Waals surface area (Å²) in [6, 6.07) is 30.2. The number of hydrogen-bond acceptors (Lipinski definition) is 1. The highest BCUT2D eigenvalue weighted by Crippen LogP contribution is 2.43. The second-order valence-corrected chi connectivity index (χ2v) is 7.03. The maximum absolute atomic E-state index is 2.30. The molecule has 0 radical (unpaired) electrons. The van der Waals surface area contributed by atoms with E-state index in [2.05, 4.69) is 115 Å². The van der Waals surface area contributed by atoms with E-state index in [4.69, 9.17) is 0 Å².